The number of halogens is 1. The summed E-state index contributed by atoms with van der Waals surface area (Å²) < 4.78 is 5.63. The van der Waals surface area contributed by atoms with Crippen LogP contribution in [0.2, 0.25) is 5.02 Å². The zero-order chi connectivity index (χ0) is 23.1. The molecule has 3 aromatic carbocycles. The number of nitrogens with one attached hydrogen (secondary N) is 2. The number of amides is 3. The van der Waals surface area contributed by atoms with Crippen molar-refractivity contribution < 1.29 is 14.3 Å². The van der Waals surface area contributed by atoms with E-state index in [0.717, 1.165) is 16.7 Å². The standard InChI is InChI=1S/C25H26ClN3O3/c1-17(2)32-23-14-13-21(15-22(23)26)24(30)29(28-25(31)27-3)16-18-9-11-20(12-10-18)19-7-5-4-6-8-19/h4-15,17H,16H2,1-3H3,(H2,27,28,31). The molecule has 7 heteroatoms. The Morgan fingerprint density at radius 1 is 0.969 bits per heavy atom. The Morgan fingerprint density at radius 2 is 1.62 bits per heavy atom. The SMILES string of the molecule is CNC(=O)NN(Cc1ccc(-c2ccccc2)cc1)C(=O)c1ccc(OC(C)C)c(Cl)c1. The fourth-order valence-electron chi connectivity index (χ4n) is 3.10. The molecule has 0 fully saturated rings. The highest BCUT2D eigenvalue weighted by molar-refractivity contribution is 6.32. The second-order valence-electron chi connectivity index (χ2n) is 7.46. The van der Waals surface area contributed by atoms with Crippen molar-refractivity contribution in [2.45, 2.75) is 26.5 Å². The molecule has 3 rings (SSSR count). The van der Waals surface area contributed by atoms with E-state index >= 15 is 0 Å². The van der Waals surface area contributed by atoms with Crippen LogP contribution in [-0.2, 0) is 6.54 Å². The van der Waals surface area contributed by atoms with E-state index in [4.69, 9.17) is 16.3 Å². The van der Waals surface area contributed by atoms with Gasteiger partial charge < -0.3 is 10.1 Å². The molecular formula is C25H26ClN3O3. The van der Waals surface area contributed by atoms with Crippen LogP contribution in [-0.4, -0.2) is 30.1 Å². The summed E-state index contributed by atoms with van der Waals surface area (Å²) in [7, 11) is 1.49. The quantitative estimate of drug-likeness (QED) is 0.501. The van der Waals surface area contributed by atoms with E-state index in [9.17, 15) is 9.59 Å². The first kappa shape index (κ1) is 23.2. The van der Waals surface area contributed by atoms with Gasteiger partial charge in [-0.15, -0.1) is 0 Å². The summed E-state index contributed by atoms with van der Waals surface area (Å²) in [4.78, 5) is 25.1. The van der Waals surface area contributed by atoms with E-state index in [0.29, 0.717) is 16.3 Å². The third kappa shape index (κ3) is 6.02. The third-order valence-electron chi connectivity index (χ3n) is 4.65. The van der Waals surface area contributed by atoms with Gasteiger partial charge in [-0.2, -0.15) is 0 Å². The lowest BCUT2D eigenvalue weighted by atomic mass is 10.0. The number of carbonyl (C=O) groups excluding carboxylic acids is 2. The van der Waals surface area contributed by atoms with Crippen molar-refractivity contribution in [1.82, 2.24) is 15.8 Å². The minimum Gasteiger partial charge on any atom is -0.489 e. The van der Waals surface area contributed by atoms with Crippen LogP contribution in [0.25, 0.3) is 11.1 Å². The Bertz CT molecular complexity index is 1070. The zero-order valence-electron chi connectivity index (χ0n) is 18.3. The van der Waals surface area contributed by atoms with Crippen LogP contribution in [0.5, 0.6) is 5.75 Å². The van der Waals surface area contributed by atoms with Gasteiger partial charge in [0.05, 0.1) is 17.7 Å². The van der Waals surface area contributed by atoms with Crippen molar-refractivity contribution in [1.29, 1.82) is 0 Å². The minimum absolute atomic E-state index is 0.0423. The Balaban J connectivity index is 1.81. The van der Waals surface area contributed by atoms with Crippen LogP contribution in [0.1, 0.15) is 29.8 Å². The van der Waals surface area contributed by atoms with Crippen molar-refractivity contribution in [3.8, 4) is 16.9 Å². The fourth-order valence-corrected chi connectivity index (χ4v) is 3.32. The number of hydrogen-bond acceptors (Lipinski definition) is 3. The molecule has 0 radical (unpaired) electrons. The van der Waals surface area contributed by atoms with Gasteiger partial charge in [-0.1, -0.05) is 66.2 Å². The highest BCUT2D eigenvalue weighted by Crippen LogP contribution is 2.27. The molecule has 0 unspecified atom stereocenters. The van der Waals surface area contributed by atoms with Crippen LogP contribution in [0.4, 0.5) is 4.79 Å². The first-order chi connectivity index (χ1) is 15.4. The molecule has 6 nitrogen and oxygen atoms in total. The molecule has 0 aromatic heterocycles. The zero-order valence-corrected chi connectivity index (χ0v) is 19.0. The van der Waals surface area contributed by atoms with Crippen LogP contribution < -0.4 is 15.5 Å². The lowest BCUT2D eigenvalue weighted by molar-refractivity contribution is 0.0666. The fraction of sp³-hybridized carbons (Fsp3) is 0.200. The molecule has 166 valence electrons. The summed E-state index contributed by atoms with van der Waals surface area (Å²) in [6, 6.07) is 22.2. The Morgan fingerprint density at radius 3 is 2.22 bits per heavy atom. The largest absolute Gasteiger partial charge is 0.489 e. The average Bonchev–Trinajstić information content (AvgIpc) is 2.80. The van der Waals surface area contributed by atoms with Gasteiger partial charge in [-0.3, -0.25) is 4.79 Å². The number of benzene rings is 3. The molecule has 0 heterocycles. The summed E-state index contributed by atoms with van der Waals surface area (Å²) >= 11 is 6.30. The molecule has 3 aromatic rings. The summed E-state index contributed by atoms with van der Waals surface area (Å²) in [6.45, 7) is 3.98. The predicted octanol–water partition coefficient (Wildman–Crippen LogP) is 5.28. The molecule has 0 aliphatic heterocycles. The van der Waals surface area contributed by atoms with E-state index in [1.165, 1.54) is 12.1 Å². The maximum atomic E-state index is 13.2. The summed E-state index contributed by atoms with van der Waals surface area (Å²) in [5, 5.41) is 4.06. The topological polar surface area (TPSA) is 70.7 Å². The second kappa shape index (κ2) is 10.7. The van der Waals surface area contributed by atoms with Gasteiger partial charge in [0, 0.05) is 12.6 Å². The molecule has 0 saturated heterocycles. The predicted molar refractivity (Wildman–Crippen MR) is 127 cm³/mol. The first-order valence-corrected chi connectivity index (χ1v) is 10.7. The van der Waals surface area contributed by atoms with Gasteiger partial charge in [-0.05, 0) is 48.7 Å². The highest BCUT2D eigenvalue weighted by atomic mass is 35.5. The van der Waals surface area contributed by atoms with Crippen molar-refractivity contribution in [3.05, 3.63) is 88.9 Å². The van der Waals surface area contributed by atoms with E-state index in [1.807, 2.05) is 68.4 Å². The molecule has 2 N–H and O–H groups in total. The van der Waals surface area contributed by atoms with Crippen molar-refractivity contribution in [2.75, 3.05) is 7.05 Å². The number of urea groups is 1. The average molecular weight is 452 g/mol. The Hall–Kier alpha value is -3.51. The van der Waals surface area contributed by atoms with E-state index in [2.05, 4.69) is 10.7 Å². The molecule has 0 aliphatic rings. The Kier molecular flexibility index (Phi) is 7.73. The van der Waals surface area contributed by atoms with Crippen LogP contribution in [0, 0.1) is 0 Å². The number of rotatable bonds is 6. The Labute approximate surface area is 193 Å². The molecule has 0 aliphatic carbocycles. The van der Waals surface area contributed by atoms with Gasteiger partial charge >= 0.3 is 6.03 Å². The van der Waals surface area contributed by atoms with E-state index < -0.39 is 11.9 Å². The highest BCUT2D eigenvalue weighted by Gasteiger charge is 2.20. The maximum absolute atomic E-state index is 13.2. The van der Waals surface area contributed by atoms with Crippen molar-refractivity contribution >= 4 is 23.5 Å². The normalized spacial score (nSPS) is 10.5. The maximum Gasteiger partial charge on any atom is 0.333 e. The van der Waals surface area contributed by atoms with Gasteiger partial charge in [-0.25, -0.2) is 15.2 Å². The molecular weight excluding hydrogens is 426 g/mol. The molecule has 0 saturated carbocycles. The lowest BCUT2D eigenvalue weighted by Gasteiger charge is -2.24. The first-order valence-electron chi connectivity index (χ1n) is 10.3. The number of hydrogen-bond donors (Lipinski definition) is 2. The summed E-state index contributed by atoms with van der Waals surface area (Å²) in [5.41, 5.74) is 5.96. The van der Waals surface area contributed by atoms with Crippen LogP contribution in [0.15, 0.2) is 72.8 Å². The van der Waals surface area contributed by atoms with Gasteiger partial charge in [0.1, 0.15) is 5.75 Å². The van der Waals surface area contributed by atoms with Gasteiger partial charge in [0.25, 0.3) is 5.91 Å². The smallest absolute Gasteiger partial charge is 0.333 e. The molecule has 0 atom stereocenters. The summed E-state index contributed by atoms with van der Waals surface area (Å²) in [5.74, 6) is 0.110. The van der Waals surface area contributed by atoms with Crippen LogP contribution >= 0.6 is 11.6 Å². The monoisotopic (exact) mass is 451 g/mol. The number of hydrazine groups is 1. The minimum atomic E-state index is -0.495. The van der Waals surface area contributed by atoms with Crippen molar-refractivity contribution in [3.63, 3.8) is 0 Å². The van der Waals surface area contributed by atoms with Gasteiger partial charge in [0.2, 0.25) is 0 Å². The second-order valence-corrected chi connectivity index (χ2v) is 7.86. The van der Waals surface area contributed by atoms with Crippen molar-refractivity contribution in [2.24, 2.45) is 0 Å². The third-order valence-corrected chi connectivity index (χ3v) is 4.95. The molecule has 0 spiro atoms. The number of carbonyl (C=O) groups is 2. The van der Waals surface area contributed by atoms with Crippen LogP contribution in [0.3, 0.4) is 0 Å². The number of ether oxygens (including phenoxy) is 1. The van der Waals surface area contributed by atoms with E-state index in [1.54, 1.807) is 18.2 Å². The molecule has 32 heavy (non-hydrogen) atoms. The lowest BCUT2D eigenvalue weighted by Crippen LogP contribution is -2.48. The molecule has 0 bridgehead atoms. The number of nitrogens with zero attached hydrogens (tertiary/aromatic N) is 1. The molecule has 3 amide bonds. The van der Waals surface area contributed by atoms with E-state index in [-0.39, 0.29) is 12.6 Å². The van der Waals surface area contributed by atoms with Gasteiger partial charge in [0.15, 0.2) is 0 Å². The summed E-state index contributed by atoms with van der Waals surface area (Å²) in [6.07, 6.45) is -0.0423.